The molecule has 0 aliphatic rings. The van der Waals surface area contributed by atoms with Gasteiger partial charge in [-0.05, 0) is 18.9 Å². The van der Waals surface area contributed by atoms with E-state index in [1.807, 2.05) is 20.8 Å². The standard InChI is InChI=1S/C10H16BNO3/c1-4-15-10-8(11(13)14)5-6-9(12-10)7(2)3/h5-7,13-14H,4H2,1-3H3. The number of ether oxygens (including phenoxy) is 1. The summed E-state index contributed by atoms with van der Waals surface area (Å²) < 4.78 is 5.26. The Kier molecular flexibility index (Phi) is 4.11. The summed E-state index contributed by atoms with van der Waals surface area (Å²) in [7, 11) is -1.54. The fourth-order valence-electron chi connectivity index (χ4n) is 1.24. The van der Waals surface area contributed by atoms with E-state index in [4.69, 9.17) is 14.8 Å². The summed E-state index contributed by atoms with van der Waals surface area (Å²) in [5.41, 5.74) is 1.18. The van der Waals surface area contributed by atoms with Gasteiger partial charge in [0, 0.05) is 11.2 Å². The molecule has 0 aromatic carbocycles. The third-order valence-corrected chi connectivity index (χ3v) is 2.06. The molecular formula is C10H16BNO3. The van der Waals surface area contributed by atoms with Crippen molar-refractivity contribution < 1.29 is 14.8 Å². The van der Waals surface area contributed by atoms with Crippen molar-refractivity contribution in [2.45, 2.75) is 26.7 Å². The van der Waals surface area contributed by atoms with Crippen LogP contribution in [0.2, 0.25) is 0 Å². The first kappa shape index (κ1) is 12.0. The zero-order valence-corrected chi connectivity index (χ0v) is 9.27. The molecule has 0 amide bonds. The highest BCUT2D eigenvalue weighted by Crippen LogP contribution is 2.14. The molecule has 82 valence electrons. The van der Waals surface area contributed by atoms with Crippen molar-refractivity contribution in [3.8, 4) is 5.88 Å². The van der Waals surface area contributed by atoms with E-state index in [-0.39, 0.29) is 5.92 Å². The summed E-state index contributed by atoms with van der Waals surface area (Å²) in [4.78, 5) is 4.24. The minimum absolute atomic E-state index is 0.286. The van der Waals surface area contributed by atoms with Crippen LogP contribution in [0.15, 0.2) is 12.1 Å². The van der Waals surface area contributed by atoms with Gasteiger partial charge in [-0.2, -0.15) is 0 Å². The molecule has 1 rings (SSSR count). The summed E-state index contributed by atoms with van der Waals surface area (Å²) >= 11 is 0. The van der Waals surface area contributed by atoms with Gasteiger partial charge in [-0.15, -0.1) is 0 Å². The van der Waals surface area contributed by atoms with Crippen molar-refractivity contribution in [3.63, 3.8) is 0 Å². The summed E-state index contributed by atoms with van der Waals surface area (Å²) in [6.45, 7) is 6.33. The van der Waals surface area contributed by atoms with Crippen LogP contribution >= 0.6 is 0 Å². The zero-order valence-electron chi connectivity index (χ0n) is 9.27. The van der Waals surface area contributed by atoms with Crippen molar-refractivity contribution in [1.82, 2.24) is 4.98 Å². The lowest BCUT2D eigenvalue weighted by atomic mass is 9.80. The lowest BCUT2D eigenvalue weighted by Gasteiger charge is -2.11. The third kappa shape index (κ3) is 2.94. The van der Waals surface area contributed by atoms with E-state index in [0.717, 1.165) is 5.69 Å². The lowest BCUT2D eigenvalue weighted by Crippen LogP contribution is -2.32. The van der Waals surface area contributed by atoms with Gasteiger partial charge in [0.05, 0.1) is 6.61 Å². The quantitative estimate of drug-likeness (QED) is 0.699. The fourth-order valence-corrected chi connectivity index (χ4v) is 1.24. The number of aromatic nitrogens is 1. The second kappa shape index (κ2) is 5.14. The summed E-state index contributed by atoms with van der Waals surface area (Å²) in [5.74, 6) is 0.591. The number of pyridine rings is 1. The van der Waals surface area contributed by atoms with Crippen LogP contribution in [-0.4, -0.2) is 28.8 Å². The van der Waals surface area contributed by atoms with Crippen LogP contribution in [0.1, 0.15) is 32.4 Å². The number of hydrogen-bond donors (Lipinski definition) is 2. The van der Waals surface area contributed by atoms with Crippen molar-refractivity contribution in [3.05, 3.63) is 17.8 Å². The largest absolute Gasteiger partial charge is 0.494 e. The Morgan fingerprint density at radius 3 is 2.53 bits per heavy atom. The maximum atomic E-state index is 9.10. The van der Waals surface area contributed by atoms with Crippen LogP contribution in [0.25, 0.3) is 0 Å². The van der Waals surface area contributed by atoms with Gasteiger partial charge in [-0.25, -0.2) is 4.98 Å². The Labute approximate surface area is 90.1 Å². The Morgan fingerprint density at radius 1 is 1.40 bits per heavy atom. The molecule has 1 aromatic rings. The minimum atomic E-state index is -1.54. The van der Waals surface area contributed by atoms with E-state index in [1.54, 1.807) is 12.1 Å². The highest BCUT2D eigenvalue weighted by atomic mass is 16.5. The predicted molar refractivity (Wildman–Crippen MR) is 59.3 cm³/mol. The van der Waals surface area contributed by atoms with Crippen LogP contribution in [0.3, 0.4) is 0 Å². The third-order valence-electron chi connectivity index (χ3n) is 2.06. The monoisotopic (exact) mass is 209 g/mol. The molecule has 0 aliphatic heterocycles. The summed E-state index contributed by atoms with van der Waals surface area (Å²) in [5, 5.41) is 18.2. The smallest absolute Gasteiger partial charge is 0.478 e. The van der Waals surface area contributed by atoms with Gasteiger partial charge in [0.1, 0.15) is 0 Å². The highest BCUT2D eigenvalue weighted by Gasteiger charge is 2.19. The fraction of sp³-hybridized carbons (Fsp3) is 0.500. The van der Waals surface area contributed by atoms with Crippen molar-refractivity contribution >= 4 is 12.6 Å². The van der Waals surface area contributed by atoms with E-state index < -0.39 is 7.12 Å². The maximum Gasteiger partial charge on any atom is 0.494 e. The molecule has 0 radical (unpaired) electrons. The zero-order chi connectivity index (χ0) is 11.4. The van der Waals surface area contributed by atoms with E-state index >= 15 is 0 Å². The van der Waals surface area contributed by atoms with Gasteiger partial charge in [0.15, 0.2) is 0 Å². The number of rotatable bonds is 4. The number of nitrogens with zero attached hydrogens (tertiary/aromatic N) is 1. The molecule has 0 aliphatic carbocycles. The molecule has 0 bridgehead atoms. The molecule has 1 aromatic heterocycles. The summed E-state index contributed by atoms with van der Waals surface area (Å²) in [6, 6.07) is 3.42. The molecule has 0 spiro atoms. The molecule has 1 heterocycles. The first-order valence-electron chi connectivity index (χ1n) is 5.06. The van der Waals surface area contributed by atoms with Crippen LogP contribution in [0.4, 0.5) is 0 Å². The van der Waals surface area contributed by atoms with Gasteiger partial charge >= 0.3 is 7.12 Å². The van der Waals surface area contributed by atoms with Gasteiger partial charge in [0.25, 0.3) is 0 Å². The molecule has 0 atom stereocenters. The molecule has 15 heavy (non-hydrogen) atoms. The van der Waals surface area contributed by atoms with Crippen LogP contribution in [0.5, 0.6) is 5.88 Å². The van der Waals surface area contributed by atoms with E-state index in [0.29, 0.717) is 17.9 Å². The average Bonchev–Trinajstić information content (AvgIpc) is 2.17. The first-order chi connectivity index (χ1) is 7.06. The first-order valence-corrected chi connectivity index (χ1v) is 5.06. The average molecular weight is 209 g/mol. The topological polar surface area (TPSA) is 62.6 Å². The molecule has 0 saturated heterocycles. The van der Waals surface area contributed by atoms with Gasteiger partial charge in [-0.3, -0.25) is 0 Å². The number of hydrogen-bond acceptors (Lipinski definition) is 4. The SMILES string of the molecule is CCOc1nc(C(C)C)ccc1B(O)O. The Bertz CT molecular complexity index is 328. The van der Waals surface area contributed by atoms with Crippen molar-refractivity contribution in [1.29, 1.82) is 0 Å². The Hall–Kier alpha value is -1.07. The highest BCUT2D eigenvalue weighted by molar-refractivity contribution is 6.59. The molecule has 2 N–H and O–H groups in total. The molecular weight excluding hydrogens is 193 g/mol. The molecule has 0 fully saturated rings. The van der Waals surface area contributed by atoms with Crippen LogP contribution < -0.4 is 10.2 Å². The minimum Gasteiger partial charge on any atom is -0.478 e. The van der Waals surface area contributed by atoms with Gasteiger partial charge < -0.3 is 14.8 Å². The van der Waals surface area contributed by atoms with Gasteiger partial charge in [0.2, 0.25) is 5.88 Å². The maximum absolute atomic E-state index is 9.10. The Morgan fingerprint density at radius 2 is 2.07 bits per heavy atom. The molecule has 4 nitrogen and oxygen atoms in total. The van der Waals surface area contributed by atoms with Crippen LogP contribution in [0, 0.1) is 0 Å². The normalized spacial score (nSPS) is 10.5. The summed E-state index contributed by atoms with van der Waals surface area (Å²) in [6.07, 6.45) is 0. The van der Waals surface area contributed by atoms with E-state index in [1.165, 1.54) is 0 Å². The van der Waals surface area contributed by atoms with Gasteiger partial charge in [-0.1, -0.05) is 19.9 Å². The van der Waals surface area contributed by atoms with Crippen molar-refractivity contribution in [2.24, 2.45) is 0 Å². The molecule has 5 heteroatoms. The van der Waals surface area contributed by atoms with Crippen molar-refractivity contribution in [2.75, 3.05) is 6.61 Å². The second-order valence-electron chi connectivity index (χ2n) is 3.59. The molecule has 0 saturated carbocycles. The lowest BCUT2D eigenvalue weighted by molar-refractivity contribution is 0.325. The van der Waals surface area contributed by atoms with E-state index in [2.05, 4.69) is 4.98 Å². The van der Waals surface area contributed by atoms with E-state index in [9.17, 15) is 0 Å². The predicted octanol–water partition coefficient (Wildman–Crippen LogP) is 0.283. The molecule has 0 unspecified atom stereocenters. The second-order valence-corrected chi connectivity index (χ2v) is 3.59. The van der Waals surface area contributed by atoms with Crippen LogP contribution in [-0.2, 0) is 0 Å². The Balaban J connectivity index is 3.08.